The number of aromatic hydroxyl groups is 1. The summed E-state index contributed by atoms with van der Waals surface area (Å²) < 4.78 is 0. The van der Waals surface area contributed by atoms with E-state index in [1.165, 1.54) is 11.8 Å². The SMILES string of the molecule is CCc1ccc2nc(-c3ccncc3O)[nH]c2c1. The molecule has 0 aliphatic heterocycles. The highest BCUT2D eigenvalue weighted by Crippen LogP contribution is 2.27. The van der Waals surface area contributed by atoms with Crippen LogP contribution in [0.1, 0.15) is 12.5 Å². The summed E-state index contributed by atoms with van der Waals surface area (Å²) in [6.45, 7) is 2.12. The van der Waals surface area contributed by atoms with Crippen molar-refractivity contribution in [1.82, 2.24) is 15.0 Å². The van der Waals surface area contributed by atoms with Gasteiger partial charge in [-0.1, -0.05) is 13.0 Å². The minimum absolute atomic E-state index is 0.132. The molecular weight excluding hydrogens is 226 g/mol. The van der Waals surface area contributed by atoms with E-state index < -0.39 is 0 Å². The van der Waals surface area contributed by atoms with Gasteiger partial charge in [0.05, 0.1) is 22.8 Å². The van der Waals surface area contributed by atoms with Gasteiger partial charge in [0.2, 0.25) is 0 Å². The van der Waals surface area contributed by atoms with E-state index in [9.17, 15) is 5.11 Å². The molecule has 2 N–H and O–H groups in total. The average molecular weight is 239 g/mol. The molecule has 0 aliphatic rings. The van der Waals surface area contributed by atoms with Crippen molar-refractivity contribution in [3.63, 3.8) is 0 Å². The van der Waals surface area contributed by atoms with Crippen molar-refractivity contribution in [3.05, 3.63) is 42.2 Å². The first kappa shape index (κ1) is 10.8. The van der Waals surface area contributed by atoms with Crippen LogP contribution in [0, 0.1) is 0 Å². The Bertz CT molecular complexity index is 703. The fourth-order valence-corrected chi connectivity index (χ4v) is 1.99. The lowest BCUT2D eigenvalue weighted by Crippen LogP contribution is -1.82. The highest BCUT2D eigenvalue weighted by molar-refractivity contribution is 5.81. The van der Waals surface area contributed by atoms with Crippen LogP contribution in [0.4, 0.5) is 0 Å². The number of benzene rings is 1. The second-order valence-corrected chi connectivity index (χ2v) is 4.18. The number of nitrogens with zero attached hydrogens (tertiary/aromatic N) is 2. The standard InChI is InChI=1S/C14H13N3O/c1-2-9-3-4-11-12(7-9)17-14(16-11)10-5-6-15-8-13(10)18/h3-8,18H,2H2,1H3,(H,16,17). The van der Waals surface area contributed by atoms with Crippen LogP contribution in [-0.2, 0) is 6.42 Å². The molecule has 4 nitrogen and oxygen atoms in total. The molecule has 0 spiro atoms. The summed E-state index contributed by atoms with van der Waals surface area (Å²) in [6.07, 6.45) is 4.05. The Morgan fingerprint density at radius 2 is 2.17 bits per heavy atom. The van der Waals surface area contributed by atoms with Gasteiger partial charge in [-0.25, -0.2) is 4.98 Å². The van der Waals surface area contributed by atoms with E-state index in [0.717, 1.165) is 17.5 Å². The Labute approximate surface area is 104 Å². The molecule has 90 valence electrons. The first-order chi connectivity index (χ1) is 8.78. The molecular formula is C14H13N3O. The third kappa shape index (κ3) is 1.72. The Hall–Kier alpha value is -2.36. The van der Waals surface area contributed by atoms with Crippen LogP contribution >= 0.6 is 0 Å². The molecule has 0 saturated carbocycles. The first-order valence-electron chi connectivity index (χ1n) is 5.90. The number of aromatic amines is 1. The van der Waals surface area contributed by atoms with E-state index in [4.69, 9.17) is 0 Å². The van der Waals surface area contributed by atoms with Gasteiger partial charge in [0.25, 0.3) is 0 Å². The molecule has 4 heteroatoms. The minimum Gasteiger partial charge on any atom is -0.506 e. The van der Waals surface area contributed by atoms with E-state index in [1.54, 1.807) is 12.3 Å². The van der Waals surface area contributed by atoms with Crippen molar-refractivity contribution in [2.45, 2.75) is 13.3 Å². The number of aryl methyl sites for hydroxylation is 1. The van der Waals surface area contributed by atoms with Crippen molar-refractivity contribution < 1.29 is 5.11 Å². The van der Waals surface area contributed by atoms with Crippen molar-refractivity contribution >= 4 is 11.0 Å². The predicted molar refractivity (Wildman–Crippen MR) is 70.4 cm³/mol. The van der Waals surface area contributed by atoms with Gasteiger partial charge in [0, 0.05) is 6.20 Å². The molecule has 0 atom stereocenters. The Kier molecular flexibility index (Phi) is 2.48. The summed E-state index contributed by atoms with van der Waals surface area (Å²) in [4.78, 5) is 11.6. The summed E-state index contributed by atoms with van der Waals surface area (Å²) in [5.74, 6) is 0.797. The maximum absolute atomic E-state index is 9.77. The Morgan fingerprint density at radius 1 is 1.28 bits per heavy atom. The summed E-state index contributed by atoms with van der Waals surface area (Å²) in [5.41, 5.74) is 3.81. The van der Waals surface area contributed by atoms with E-state index >= 15 is 0 Å². The van der Waals surface area contributed by atoms with Crippen LogP contribution in [0.2, 0.25) is 0 Å². The molecule has 0 bridgehead atoms. The lowest BCUT2D eigenvalue weighted by atomic mass is 10.1. The van der Waals surface area contributed by atoms with Crippen molar-refractivity contribution in [1.29, 1.82) is 0 Å². The Morgan fingerprint density at radius 3 is 2.94 bits per heavy atom. The number of nitrogens with one attached hydrogen (secondary N) is 1. The zero-order valence-electron chi connectivity index (χ0n) is 10.0. The van der Waals surface area contributed by atoms with Crippen LogP contribution in [0.5, 0.6) is 5.75 Å². The smallest absolute Gasteiger partial charge is 0.144 e. The molecule has 2 aromatic heterocycles. The van der Waals surface area contributed by atoms with Crippen LogP contribution in [0.15, 0.2) is 36.7 Å². The lowest BCUT2D eigenvalue weighted by molar-refractivity contribution is 0.474. The van der Waals surface area contributed by atoms with Crippen LogP contribution in [-0.4, -0.2) is 20.1 Å². The number of H-pyrrole nitrogens is 1. The molecule has 3 aromatic rings. The Balaban J connectivity index is 2.17. The summed E-state index contributed by atoms with van der Waals surface area (Å²) >= 11 is 0. The van der Waals surface area contributed by atoms with Gasteiger partial charge in [-0.05, 0) is 30.2 Å². The monoisotopic (exact) mass is 239 g/mol. The van der Waals surface area contributed by atoms with Gasteiger partial charge in [-0.15, -0.1) is 0 Å². The molecule has 0 fully saturated rings. The van der Waals surface area contributed by atoms with E-state index in [-0.39, 0.29) is 5.75 Å². The second-order valence-electron chi connectivity index (χ2n) is 4.18. The maximum Gasteiger partial charge on any atom is 0.144 e. The van der Waals surface area contributed by atoms with Crippen LogP contribution in [0.25, 0.3) is 22.4 Å². The fraction of sp³-hybridized carbons (Fsp3) is 0.143. The van der Waals surface area contributed by atoms with E-state index in [1.807, 2.05) is 6.07 Å². The quantitative estimate of drug-likeness (QED) is 0.722. The number of imidazole rings is 1. The van der Waals surface area contributed by atoms with Gasteiger partial charge >= 0.3 is 0 Å². The number of hydrogen-bond acceptors (Lipinski definition) is 3. The maximum atomic E-state index is 9.77. The largest absolute Gasteiger partial charge is 0.506 e. The molecule has 0 amide bonds. The molecule has 2 heterocycles. The van der Waals surface area contributed by atoms with Gasteiger partial charge < -0.3 is 10.1 Å². The lowest BCUT2D eigenvalue weighted by Gasteiger charge is -1.98. The van der Waals surface area contributed by atoms with Crippen molar-refractivity contribution in [2.24, 2.45) is 0 Å². The topological polar surface area (TPSA) is 61.8 Å². The number of fused-ring (bicyclic) bond motifs is 1. The first-order valence-corrected chi connectivity index (χ1v) is 5.90. The van der Waals surface area contributed by atoms with Crippen molar-refractivity contribution in [3.8, 4) is 17.1 Å². The van der Waals surface area contributed by atoms with Gasteiger partial charge in [-0.2, -0.15) is 0 Å². The average Bonchev–Trinajstić information content (AvgIpc) is 2.81. The molecule has 0 saturated heterocycles. The van der Waals surface area contributed by atoms with E-state index in [2.05, 4.69) is 34.0 Å². The van der Waals surface area contributed by atoms with Crippen LogP contribution < -0.4 is 0 Å². The van der Waals surface area contributed by atoms with Gasteiger partial charge in [0.1, 0.15) is 11.6 Å². The van der Waals surface area contributed by atoms with Gasteiger partial charge in [-0.3, -0.25) is 4.98 Å². The molecule has 0 radical (unpaired) electrons. The molecule has 0 unspecified atom stereocenters. The highest BCUT2D eigenvalue weighted by Gasteiger charge is 2.09. The number of hydrogen-bond donors (Lipinski definition) is 2. The molecule has 3 rings (SSSR count). The molecule has 1 aromatic carbocycles. The third-order valence-electron chi connectivity index (χ3n) is 3.01. The fourth-order valence-electron chi connectivity index (χ4n) is 1.99. The zero-order chi connectivity index (χ0) is 12.5. The molecule has 0 aliphatic carbocycles. The number of rotatable bonds is 2. The zero-order valence-corrected chi connectivity index (χ0v) is 10.0. The number of pyridine rings is 1. The second kappa shape index (κ2) is 4.14. The normalized spacial score (nSPS) is 10.9. The highest BCUT2D eigenvalue weighted by atomic mass is 16.3. The minimum atomic E-state index is 0.132. The predicted octanol–water partition coefficient (Wildman–Crippen LogP) is 2.89. The summed E-state index contributed by atoms with van der Waals surface area (Å²) in [5, 5.41) is 9.77. The summed E-state index contributed by atoms with van der Waals surface area (Å²) in [7, 11) is 0. The van der Waals surface area contributed by atoms with Gasteiger partial charge in [0.15, 0.2) is 0 Å². The van der Waals surface area contributed by atoms with E-state index in [0.29, 0.717) is 11.4 Å². The van der Waals surface area contributed by atoms with Crippen LogP contribution in [0.3, 0.4) is 0 Å². The third-order valence-corrected chi connectivity index (χ3v) is 3.01. The summed E-state index contributed by atoms with van der Waals surface area (Å²) in [6, 6.07) is 7.89. The van der Waals surface area contributed by atoms with Crippen molar-refractivity contribution in [2.75, 3.05) is 0 Å². The number of aromatic nitrogens is 3. The molecule has 18 heavy (non-hydrogen) atoms.